The largest absolute Gasteiger partial charge is 0.497 e. The number of hydrogen-bond acceptors (Lipinski definition) is 9. The van der Waals surface area contributed by atoms with Crippen LogP contribution in [0, 0.1) is 6.92 Å². The lowest BCUT2D eigenvalue weighted by atomic mass is 10.1. The van der Waals surface area contributed by atoms with Crippen LogP contribution < -0.4 is 9.64 Å². The molecular weight excluding hydrogens is 400 g/mol. The highest BCUT2D eigenvalue weighted by Crippen LogP contribution is 2.34. The highest BCUT2D eigenvalue weighted by molar-refractivity contribution is 6.25. The molecule has 2 aromatic carbocycles. The summed E-state index contributed by atoms with van der Waals surface area (Å²) in [4.78, 5) is 31.4. The molecule has 3 aromatic rings. The van der Waals surface area contributed by atoms with E-state index in [1.54, 1.807) is 24.3 Å². The van der Waals surface area contributed by atoms with Gasteiger partial charge in [0.2, 0.25) is 11.7 Å². The van der Waals surface area contributed by atoms with Crippen LogP contribution in [0.1, 0.15) is 11.5 Å². The van der Waals surface area contributed by atoms with E-state index in [4.69, 9.17) is 9.26 Å². The Bertz CT molecular complexity index is 1190. The van der Waals surface area contributed by atoms with Crippen molar-refractivity contribution >= 4 is 17.5 Å². The SMILES string of the molecule is COc1cccc(N2C(=O)[C@@H]3N=NN(Cc4nc(-c5ccc(C)cc5)no4)[C@H]3C2=O)c1. The predicted octanol–water partition coefficient (Wildman–Crippen LogP) is 2.55. The van der Waals surface area contributed by atoms with E-state index < -0.39 is 23.9 Å². The molecule has 1 fully saturated rings. The number of nitrogens with zero attached hydrogens (tertiary/aromatic N) is 6. The Morgan fingerprint density at radius 1 is 1.10 bits per heavy atom. The van der Waals surface area contributed by atoms with Gasteiger partial charge in [0, 0.05) is 11.6 Å². The van der Waals surface area contributed by atoms with Gasteiger partial charge in [0.25, 0.3) is 11.8 Å². The second kappa shape index (κ2) is 7.31. The number of carbonyl (C=O) groups is 2. The first-order chi connectivity index (χ1) is 15.0. The average molecular weight is 418 g/mol. The van der Waals surface area contributed by atoms with Gasteiger partial charge < -0.3 is 9.26 Å². The number of rotatable bonds is 5. The molecule has 0 spiro atoms. The lowest BCUT2D eigenvalue weighted by Crippen LogP contribution is -2.39. The Morgan fingerprint density at radius 2 is 1.90 bits per heavy atom. The van der Waals surface area contributed by atoms with E-state index in [1.807, 2.05) is 31.2 Å². The number of methoxy groups -OCH3 is 1. The van der Waals surface area contributed by atoms with Crippen LogP contribution in [0.3, 0.4) is 0 Å². The van der Waals surface area contributed by atoms with E-state index in [0.29, 0.717) is 17.3 Å². The van der Waals surface area contributed by atoms with Crippen molar-refractivity contribution in [3.05, 3.63) is 60.0 Å². The zero-order valence-electron chi connectivity index (χ0n) is 16.8. The van der Waals surface area contributed by atoms with Crippen molar-refractivity contribution < 1.29 is 18.8 Å². The van der Waals surface area contributed by atoms with Crippen LogP contribution in [-0.2, 0) is 16.1 Å². The summed E-state index contributed by atoms with van der Waals surface area (Å²) in [6.45, 7) is 2.06. The second-order valence-electron chi connectivity index (χ2n) is 7.28. The van der Waals surface area contributed by atoms with E-state index in [-0.39, 0.29) is 12.4 Å². The number of benzene rings is 2. The van der Waals surface area contributed by atoms with Crippen LogP contribution in [-0.4, -0.2) is 46.2 Å². The quantitative estimate of drug-likeness (QED) is 0.585. The molecule has 10 nitrogen and oxygen atoms in total. The number of imide groups is 1. The van der Waals surface area contributed by atoms with Crippen molar-refractivity contribution in [3.8, 4) is 17.1 Å². The predicted molar refractivity (Wildman–Crippen MR) is 108 cm³/mol. The van der Waals surface area contributed by atoms with Gasteiger partial charge in [-0.15, -0.1) is 0 Å². The molecule has 1 saturated heterocycles. The maximum atomic E-state index is 13.1. The van der Waals surface area contributed by atoms with Crippen molar-refractivity contribution in [2.45, 2.75) is 25.6 Å². The summed E-state index contributed by atoms with van der Waals surface area (Å²) >= 11 is 0. The molecule has 2 aliphatic heterocycles. The Labute approximate surface area is 177 Å². The Morgan fingerprint density at radius 3 is 2.68 bits per heavy atom. The normalized spacial score (nSPS) is 19.9. The molecule has 0 radical (unpaired) electrons. The molecule has 2 atom stereocenters. The third-order valence-corrected chi connectivity index (χ3v) is 5.24. The number of aryl methyl sites for hydroxylation is 1. The average Bonchev–Trinajstić information content (AvgIpc) is 3.47. The minimum atomic E-state index is -0.904. The Kier molecular flexibility index (Phi) is 4.46. The maximum absolute atomic E-state index is 13.1. The van der Waals surface area contributed by atoms with Crippen molar-refractivity contribution in [2.75, 3.05) is 12.0 Å². The highest BCUT2D eigenvalue weighted by atomic mass is 16.5. The number of aromatic nitrogens is 2. The molecule has 0 saturated carbocycles. The van der Waals surface area contributed by atoms with Gasteiger partial charge >= 0.3 is 0 Å². The number of amides is 2. The van der Waals surface area contributed by atoms with Crippen LogP contribution in [0.5, 0.6) is 5.75 Å². The third-order valence-electron chi connectivity index (χ3n) is 5.24. The lowest BCUT2D eigenvalue weighted by molar-refractivity contribution is -0.123. The van der Waals surface area contributed by atoms with Gasteiger partial charge in [0.15, 0.2) is 12.1 Å². The first kappa shape index (κ1) is 18.9. The van der Waals surface area contributed by atoms with E-state index in [0.717, 1.165) is 16.0 Å². The van der Waals surface area contributed by atoms with Gasteiger partial charge in [-0.2, -0.15) is 10.1 Å². The zero-order valence-corrected chi connectivity index (χ0v) is 16.8. The molecular formula is C21H18N6O4. The topological polar surface area (TPSA) is 113 Å². The van der Waals surface area contributed by atoms with E-state index in [9.17, 15) is 9.59 Å². The second-order valence-corrected chi connectivity index (χ2v) is 7.28. The van der Waals surface area contributed by atoms with Crippen LogP contribution in [0.4, 0.5) is 5.69 Å². The molecule has 0 N–H and O–H groups in total. The fourth-order valence-electron chi connectivity index (χ4n) is 3.64. The van der Waals surface area contributed by atoms with Crippen LogP contribution in [0.15, 0.2) is 63.4 Å². The number of carbonyl (C=O) groups excluding carboxylic acids is 2. The van der Waals surface area contributed by atoms with Crippen molar-refractivity contribution in [2.24, 2.45) is 10.3 Å². The molecule has 0 unspecified atom stereocenters. The number of fused-ring (bicyclic) bond motifs is 1. The van der Waals surface area contributed by atoms with Crippen molar-refractivity contribution in [1.29, 1.82) is 0 Å². The first-order valence-corrected chi connectivity index (χ1v) is 9.64. The van der Waals surface area contributed by atoms with Crippen molar-refractivity contribution in [3.63, 3.8) is 0 Å². The molecule has 5 rings (SSSR count). The minimum Gasteiger partial charge on any atom is -0.497 e. The molecule has 31 heavy (non-hydrogen) atoms. The molecule has 10 heteroatoms. The number of anilines is 1. The van der Waals surface area contributed by atoms with Crippen LogP contribution in [0.2, 0.25) is 0 Å². The first-order valence-electron chi connectivity index (χ1n) is 9.64. The summed E-state index contributed by atoms with van der Waals surface area (Å²) in [5.74, 6) is 0.416. The van der Waals surface area contributed by atoms with Gasteiger partial charge in [-0.25, -0.2) is 4.90 Å². The summed E-state index contributed by atoms with van der Waals surface area (Å²) in [5.41, 5.74) is 2.37. The summed E-state index contributed by atoms with van der Waals surface area (Å²) in [5, 5.41) is 13.4. The summed E-state index contributed by atoms with van der Waals surface area (Å²) in [7, 11) is 1.52. The molecule has 2 amide bonds. The summed E-state index contributed by atoms with van der Waals surface area (Å²) < 4.78 is 10.5. The van der Waals surface area contributed by atoms with Gasteiger partial charge in [-0.05, 0) is 19.1 Å². The van der Waals surface area contributed by atoms with Crippen LogP contribution >= 0.6 is 0 Å². The minimum absolute atomic E-state index is 0.0640. The van der Waals surface area contributed by atoms with Crippen LogP contribution in [0.25, 0.3) is 11.4 Å². The van der Waals surface area contributed by atoms with Gasteiger partial charge in [-0.3, -0.25) is 14.6 Å². The Balaban J connectivity index is 1.36. The third kappa shape index (κ3) is 3.21. The van der Waals surface area contributed by atoms with E-state index in [1.165, 1.54) is 12.1 Å². The van der Waals surface area contributed by atoms with Crippen molar-refractivity contribution in [1.82, 2.24) is 15.1 Å². The molecule has 0 bridgehead atoms. The fourth-order valence-corrected chi connectivity index (χ4v) is 3.64. The summed E-state index contributed by atoms with van der Waals surface area (Å²) in [6.07, 6.45) is 0. The zero-order chi connectivity index (χ0) is 21.5. The smallest absolute Gasteiger partial charge is 0.263 e. The highest BCUT2D eigenvalue weighted by Gasteiger charge is 2.55. The summed E-state index contributed by atoms with van der Waals surface area (Å²) in [6, 6.07) is 12.7. The maximum Gasteiger partial charge on any atom is 0.263 e. The lowest BCUT2D eigenvalue weighted by Gasteiger charge is -2.19. The number of ether oxygens (including phenoxy) is 1. The molecule has 0 aliphatic carbocycles. The standard InChI is InChI=1S/C21H18N6O4/c1-12-6-8-13(9-7-12)19-22-16(31-24-19)11-26-18-17(23-25-26)20(28)27(21(18)29)14-4-3-5-15(10-14)30-2/h3-10,17-18H,11H2,1-2H3/t17-,18-/m1/s1. The van der Waals surface area contributed by atoms with Gasteiger partial charge in [0.05, 0.1) is 12.8 Å². The Hall–Kier alpha value is -4.08. The van der Waals surface area contributed by atoms with E-state index in [2.05, 4.69) is 20.5 Å². The van der Waals surface area contributed by atoms with Gasteiger partial charge in [0.1, 0.15) is 12.3 Å². The number of hydrogen-bond donors (Lipinski definition) is 0. The molecule has 1 aromatic heterocycles. The molecule has 156 valence electrons. The van der Waals surface area contributed by atoms with Gasteiger partial charge in [-0.1, -0.05) is 46.3 Å². The van der Waals surface area contributed by atoms with E-state index >= 15 is 0 Å². The molecule has 2 aliphatic rings. The monoisotopic (exact) mass is 418 g/mol. The molecule has 3 heterocycles. The fraction of sp³-hybridized carbons (Fsp3) is 0.238.